The molecule has 0 fully saturated rings. The number of aromatic nitrogens is 1. The lowest BCUT2D eigenvalue weighted by atomic mass is 10.0. The van der Waals surface area contributed by atoms with E-state index in [0.717, 1.165) is 16.5 Å². The van der Waals surface area contributed by atoms with Gasteiger partial charge in [0.2, 0.25) is 5.88 Å². The zero-order valence-electron chi connectivity index (χ0n) is 10.7. The van der Waals surface area contributed by atoms with Crippen LogP contribution in [-0.4, -0.2) is 12.1 Å². The van der Waals surface area contributed by atoms with Crippen LogP contribution in [0.2, 0.25) is 5.02 Å². The summed E-state index contributed by atoms with van der Waals surface area (Å²) in [7, 11) is 1.56. The number of halogens is 1. The van der Waals surface area contributed by atoms with Gasteiger partial charge in [0.1, 0.15) is 11.4 Å². The number of ether oxygens (including phenoxy) is 1. The van der Waals surface area contributed by atoms with Crippen LogP contribution >= 0.6 is 11.6 Å². The molecule has 6 heteroatoms. The molecule has 2 aromatic heterocycles. The Labute approximate surface area is 120 Å². The van der Waals surface area contributed by atoms with E-state index < -0.39 is 0 Å². The maximum Gasteiger partial charge on any atom is 0.214 e. The third kappa shape index (κ3) is 1.83. The van der Waals surface area contributed by atoms with Gasteiger partial charge in [-0.15, -0.1) is 0 Å². The average Bonchev–Trinajstić information content (AvgIpc) is 2.75. The number of methoxy groups -OCH3 is 1. The van der Waals surface area contributed by atoms with Crippen LogP contribution in [0.25, 0.3) is 22.1 Å². The van der Waals surface area contributed by atoms with Gasteiger partial charge in [-0.05, 0) is 17.7 Å². The van der Waals surface area contributed by atoms with Gasteiger partial charge < -0.3 is 20.6 Å². The maximum absolute atomic E-state index is 6.03. The number of benzene rings is 1. The number of furan rings is 1. The number of hydrogen-bond acceptors (Lipinski definition) is 5. The molecule has 0 amide bonds. The normalized spacial score (nSPS) is 10.9. The molecule has 20 heavy (non-hydrogen) atoms. The highest BCUT2D eigenvalue weighted by molar-refractivity contribution is 6.32. The molecule has 3 aromatic rings. The average molecular weight is 290 g/mol. The number of nitrogens with two attached hydrogens (primary N) is 2. The fourth-order valence-electron chi connectivity index (χ4n) is 2.14. The quantitative estimate of drug-likeness (QED) is 0.755. The van der Waals surface area contributed by atoms with E-state index in [4.69, 9.17) is 32.2 Å². The van der Waals surface area contributed by atoms with Gasteiger partial charge in [-0.25, -0.2) is 0 Å². The Morgan fingerprint density at radius 3 is 2.80 bits per heavy atom. The van der Waals surface area contributed by atoms with Gasteiger partial charge in [0, 0.05) is 11.8 Å². The molecule has 0 aliphatic carbocycles. The second-order valence-electron chi connectivity index (χ2n) is 4.29. The van der Waals surface area contributed by atoms with Gasteiger partial charge in [-0.2, -0.15) is 0 Å². The highest BCUT2D eigenvalue weighted by Gasteiger charge is 2.15. The van der Waals surface area contributed by atoms with E-state index in [9.17, 15) is 0 Å². The first-order chi connectivity index (χ1) is 9.61. The minimum atomic E-state index is 0.190. The van der Waals surface area contributed by atoms with Crippen molar-refractivity contribution in [2.24, 2.45) is 0 Å². The monoisotopic (exact) mass is 289 g/mol. The first-order valence-corrected chi connectivity index (χ1v) is 6.25. The Morgan fingerprint density at radius 1 is 1.25 bits per heavy atom. The molecule has 1 aromatic carbocycles. The highest BCUT2D eigenvalue weighted by Crippen LogP contribution is 2.39. The molecule has 0 spiro atoms. The molecule has 0 saturated carbocycles. The number of fused-ring (bicyclic) bond motifs is 1. The molecular formula is C14H12ClN3O2. The van der Waals surface area contributed by atoms with Crippen LogP contribution < -0.4 is 16.2 Å². The van der Waals surface area contributed by atoms with E-state index in [1.165, 1.54) is 0 Å². The summed E-state index contributed by atoms with van der Waals surface area (Å²) < 4.78 is 10.6. The molecule has 0 aliphatic rings. The van der Waals surface area contributed by atoms with Crippen molar-refractivity contribution >= 4 is 34.1 Å². The summed E-state index contributed by atoms with van der Waals surface area (Å²) in [5, 5.41) is 1.28. The van der Waals surface area contributed by atoms with Crippen molar-refractivity contribution in [3.05, 3.63) is 35.6 Å². The Bertz CT molecular complexity index is 798. The minimum Gasteiger partial charge on any atom is -0.495 e. The molecule has 0 bridgehead atoms. The number of hydrogen-bond donors (Lipinski definition) is 2. The van der Waals surface area contributed by atoms with Crippen LogP contribution in [0.1, 0.15) is 0 Å². The molecule has 0 atom stereocenters. The van der Waals surface area contributed by atoms with Gasteiger partial charge in [0.05, 0.1) is 23.7 Å². The lowest BCUT2D eigenvalue weighted by Gasteiger charge is -2.07. The van der Waals surface area contributed by atoms with Crippen molar-refractivity contribution in [2.45, 2.75) is 0 Å². The van der Waals surface area contributed by atoms with Crippen LogP contribution in [0.15, 0.2) is 35.0 Å². The second kappa shape index (κ2) is 4.61. The summed E-state index contributed by atoms with van der Waals surface area (Å²) >= 11 is 6.03. The van der Waals surface area contributed by atoms with Crippen molar-refractivity contribution in [2.75, 3.05) is 18.6 Å². The molecular weight excluding hydrogens is 278 g/mol. The largest absolute Gasteiger partial charge is 0.495 e. The predicted octanol–water partition coefficient (Wildman–Crippen LogP) is 3.32. The number of nitrogen functional groups attached to an aromatic ring is 2. The van der Waals surface area contributed by atoms with Crippen molar-refractivity contribution in [3.8, 4) is 16.9 Å². The molecule has 4 N–H and O–H groups in total. The van der Waals surface area contributed by atoms with E-state index in [1.807, 2.05) is 12.1 Å². The fourth-order valence-corrected chi connectivity index (χ4v) is 2.33. The van der Waals surface area contributed by atoms with Crippen LogP contribution in [0, 0.1) is 0 Å². The topological polar surface area (TPSA) is 87.3 Å². The van der Waals surface area contributed by atoms with Crippen molar-refractivity contribution in [3.63, 3.8) is 0 Å². The molecule has 0 aliphatic heterocycles. The van der Waals surface area contributed by atoms with E-state index in [0.29, 0.717) is 22.0 Å². The Balaban J connectivity index is 2.29. The SMILES string of the molecule is COc1cc(-c2cncc3oc(N)c(N)c23)ccc1Cl. The Kier molecular flexibility index (Phi) is 2.91. The first-order valence-electron chi connectivity index (χ1n) is 5.87. The van der Waals surface area contributed by atoms with E-state index in [-0.39, 0.29) is 5.88 Å². The van der Waals surface area contributed by atoms with Gasteiger partial charge in [-0.3, -0.25) is 4.98 Å². The predicted molar refractivity (Wildman–Crippen MR) is 79.8 cm³/mol. The van der Waals surface area contributed by atoms with Crippen LogP contribution in [0.5, 0.6) is 5.75 Å². The minimum absolute atomic E-state index is 0.190. The first kappa shape index (κ1) is 12.6. The number of nitrogens with zero attached hydrogens (tertiary/aromatic N) is 1. The van der Waals surface area contributed by atoms with E-state index >= 15 is 0 Å². The van der Waals surface area contributed by atoms with Crippen molar-refractivity contribution < 1.29 is 9.15 Å². The molecule has 2 heterocycles. The Hall–Kier alpha value is -2.40. The molecule has 3 rings (SSSR count). The van der Waals surface area contributed by atoms with Gasteiger partial charge in [-0.1, -0.05) is 17.7 Å². The maximum atomic E-state index is 6.03. The summed E-state index contributed by atoms with van der Waals surface area (Å²) in [6.45, 7) is 0. The third-order valence-electron chi connectivity index (χ3n) is 3.13. The van der Waals surface area contributed by atoms with Crippen LogP contribution in [0.3, 0.4) is 0 Å². The smallest absolute Gasteiger partial charge is 0.214 e. The van der Waals surface area contributed by atoms with E-state index in [1.54, 1.807) is 25.6 Å². The summed E-state index contributed by atoms with van der Waals surface area (Å²) in [5.74, 6) is 0.770. The van der Waals surface area contributed by atoms with Crippen LogP contribution in [-0.2, 0) is 0 Å². The Morgan fingerprint density at radius 2 is 2.05 bits per heavy atom. The third-order valence-corrected chi connectivity index (χ3v) is 3.44. The standard InChI is InChI=1S/C14H12ClN3O2/c1-19-10-4-7(2-3-9(10)15)8-5-18-6-11-12(8)13(16)14(17)20-11/h2-6H,16-17H2,1H3. The summed E-state index contributed by atoms with van der Waals surface area (Å²) in [5.41, 5.74) is 14.3. The van der Waals surface area contributed by atoms with Gasteiger partial charge in [0.25, 0.3) is 0 Å². The zero-order chi connectivity index (χ0) is 14.3. The fraction of sp³-hybridized carbons (Fsp3) is 0.0714. The van der Waals surface area contributed by atoms with Gasteiger partial charge >= 0.3 is 0 Å². The lowest BCUT2D eigenvalue weighted by Crippen LogP contribution is -1.91. The molecule has 0 radical (unpaired) electrons. The second-order valence-corrected chi connectivity index (χ2v) is 4.70. The molecule has 0 saturated heterocycles. The lowest BCUT2D eigenvalue weighted by molar-refractivity contribution is 0.415. The number of pyridine rings is 1. The molecule has 102 valence electrons. The van der Waals surface area contributed by atoms with Crippen molar-refractivity contribution in [1.82, 2.24) is 4.98 Å². The number of anilines is 2. The number of rotatable bonds is 2. The zero-order valence-corrected chi connectivity index (χ0v) is 11.4. The highest BCUT2D eigenvalue weighted by atomic mass is 35.5. The van der Waals surface area contributed by atoms with Gasteiger partial charge in [0.15, 0.2) is 5.58 Å². The summed E-state index contributed by atoms with van der Waals surface area (Å²) in [6, 6.07) is 5.44. The van der Waals surface area contributed by atoms with Crippen molar-refractivity contribution in [1.29, 1.82) is 0 Å². The molecule has 5 nitrogen and oxygen atoms in total. The molecule has 0 unspecified atom stereocenters. The van der Waals surface area contributed by atoms with E-state index in [2.05, 4.69) is 4.98 Å². The summed E-state index contributed by atoms with van der Waals surface area (Å²) in [6.07, 6.45) is 3.29. The van der Waals surface area contributed by atoms with Crippen LogP contribution in [0.4, 0.5) is 11.6 Å². The summed E-state index contributed by atoms with van der Waals surface area (Å²) in [4.78, 5) is 4.14.